The van der Waals surface area contributed by atoms with Crippen LogP contribution in [0.4, 0.5) is 0 Å². The summed E-state index contributed by atoms with van der Waals surface area (Å²) in [4.78, 5) is 10.9. The van der Waals surface area contributed by atoms with Crippen molar-refractivity contribution < 1.29 is 22.7 Å². The number of sulfonamides is 1. The van der Waals surface area contributed by atoms with Crippen LogP contribution in [0.25, 0.3) is 0 Å². The van der Waals surface area contributed by atoms with Crippen LogP contribution < -0.4 is 9.46 Å². The molecule has 1 N–H and O–H groups in total. The van der Waals surface area contributed by atoms with Gasteiger partial charge in [0, 0.05) is 18.0 Å². The molecule has 1 aromatic carbocycles. The quantitative estimate of drug-likeness (QED) is 0.522. The number of halogens is 2. The highest BCUT2D eigenvalue weighted by Crippen LogP contribution is 2.35. The Morgan fingerprint density at radius 3 is 2.59 bits per heavy atom. The Balaban J connectivity index is 2.73. The van der Waals surface area contributed by atoms with E-state index in [1.807, 2.05) is 0 Å². The van der Waals surface area contributed by atoms with E-state index in [-0.39, 0.29) is 34.6 Å². The molecule has 0 atom stereocenters. The predicted octanol–water partition coefficient (Wildman–Crippen LogP) is 2.73. The largest absolute Gasteiger partial charge is 0.494 e. The molecule has 1 rings (SSSR count). The van der Waals surface area contributed by atoms with Crippen LogP contribution in [0.15, 0.2) is 21.5 Å². The SMILES string of the molecule is COC(=O)CCCCNS(=O)(=O)c1cc(Cl)cc(Br)c1OC. The number of hydrogen-bond donors (Lipinski definition) is 1. The molecule has 0 saturated heterocycles. The van der Waals surface area contributed by atoms with Crippen molar-refractivity contribution in [2.24, 2.45) is 0 Å². The van der Waals surface area contributed by atoms with Gasteiger partial charge in [0.05, 0.1) is 18.7 Å². The zero-order valence-corrected chi connectivity index (χ0v) is 15.3. The summed E-state index contributed by atoms with van der Waals surface area (Å²) < 4.78 is 37.1. The third-order valence-corrected chi connectivity index (χ3v) is 5.07. The second-order valence-electron chi connectivity index (χ2n) is 4.35. The van der Waals surface area contributed by atoms with E-state index >= 15 is 0 Å². The molecule has 0 heterocycles. The minimum Gasteiger partial charge on any atom is -0.494 e. The molecule has 0 fully saturated rings. The Morgan fingerprint density at radius 1 is 1.32 bits per heavy atom. The standard InChI is InChI=1S/C13H17BrClNO5S/c1-20-12(17)5-3-4-6-16-22(18,19)11-8-9(15)7-10(14)13(11)21-2/h7-8,16H,3-6H2,1-2H3. The molecule has 1 aromatic rings. The maximum absolute atomic E-state index is 12.3. The first-order valence-electron chi connectivity index (χ1n) is 6.41. The Labute approximate surface area is 143 Å². The van der Waals surface area contributed by atoms with Crippen LogP contribution in [0.5, 0.6) is 5.75 Å². The van der Waals surface area contributed by atoms with E-state index in [1.165, 1.54) is 20.3 Å². The van der Waals surface area contributed by atoms with Gasteiger partial charge in [-0.3, -0.25) is 4.79 Å². The molecule has 0 saturated carbocycles. The third kappa shape index (κ3) is 5.42. The van der Waals surface area contributed by atoms with Crippen molar-refractivity contribution in [1.82, 2.24) is 4.72 Å². The van der Waals surface area contributed by atoms with Crippen LogP contribution >= 0.6 is 27.5 Å². The van der Waals surface area contributed by atoms with Crippen LogP contribution in [0, 0.1) is 0 Å². The molecule has 0 amide bonds. The summed E-state index contributed by atoms with van der Waals surface area (Å²) in [5, 5.41) is 0.277. The Hall–Kier alpha value is -0.830. The molecule has 0 unspecified atom stereocenters. The second kappa shape index (κ2) is 8.71. The van der Waals surface area contributed by atoms with E-state index in [1.54, 1.807) is 6.07 Å². The number of methoxy groups -OCH3 is 2. The molecule has 9 heteroatoms. The van der Waals surface area contributed by atoms with E-state index in [2.05, 4.69) is 25.4 Å². The van der Waals surface area contributed by atoms with Crippen LogP contribution in [0.3, 0.4) is 0 Å². The van der Waals surface area contributed by atoms with Gasteiger partial charge in [-0.1, -0.05) is 11.6 Å². The lowest BCUT2D eigenvalue weighted by atomic mass is 10.2. The summed E-state index contributed by atoms with van der Waals surface area (Å²) in [6.07, 6.45) is 1.30. The average Bonchev–Trinajstić information content (AvgIpc) is 2.45. The lowest BCUT2D eigenvalue weighted by Gasteiger charge is -2.12. The first-order chi connectivity index (χ1) is 10.3. The third-order valence-electron chi connectivity index (χ3n) is 2.80. The number of benzene rings is 1. The van der Waals surface area contributed by atoms with Crippen molar-refractivity contribution >= 4 is 43.5 Å². The van der Waals surface area contributed by atoms with E-state index in [0.29, 0.717) is 17.3 Å². The molecule has 0 aromatic heterocycles. The van der Waals surface area contributed by atoms with Crippen molar-refractivity contribution in [1.29, 1.82) is 0 Å². The van der Waals surface area contributed by atoms with Gasteiger partial charge in [0.15, 0.2) is 5.75 Å². The normalized spacial score (nSPS) is 11.3. The highest BCUT2D eigenvalue weighted by atomic mass is 79.9. The van der Waals surface area contributed by atoms with Gasteiger partial charge in [-0.2, -0.15) is 0 Å². The van der Waals surface area contributed by atoms with Gasteiger partial charge in [0.2, 0.25) is 10.0 Å². The van der Waals surface area contributed by atoms with Crippen LogP contribution in [-0.2, 0) is 19.6 Å². The van der Waals surface area contributed by atoms with Gasteiger partial charge in [-0.05, 0) is 40.9 Å². The Bertz CT molecular complexity index is 636. The summed E-state index contributed by atoms with van der Waals surface area (Å²) in [6, 6.07) is 2.87. The monoisotopic (exact) mass is 413 g/mol. The Morgan fingerprint density at radius 2 is 2.00 bits per heavy atom. The minimum atomic E-state index is -3.76. The number of carbonyl (C=O) groups is 1. The molecule has 0 aliphatic rings. The lowest BCUT2D eigenvalue weighted by Crippen LogP contribution is -2.25. The maximum Gasteiger partial charge on any atom is 0.305 e. The zero-order chi connectivity index (χ0) is 16.8. The van der Waals surface area contributed by atoms with Crippen LogP contribution in [0.2, 0.25) is 5.02 Å². The van der Waals surface area contributed by atoms with Crippen molar-refractivity contribution in [3.8, 4) is 5.75 Å². The van der Waals surface area contributed by atoms with E-state index in [4.69, 9.17) is 16.3 Å². The molecule has 22 heavy (non-hydrogen) atoms. The maximum atomic E-state index is 12.3. The number of hydrogen-bond acceptors (Lipinski definition) is 5. The van der Waals surface area contributed by atoms with Crippen LogP contribution in [0.1, 0.15) is 19.3 Å². The van der Waals surface area contributed by atoms with Crippen LogP contribution in [-0.4, -0.2) is 35.2 Å². The molecule has 0 radical (unpaired) electrons. The first kappa shape index (κ1) is 19.2. The summed E-state index contributed by atoms with van der Waals surface area (Å²) in [5.74, 6) is -0.130. The lowest BCUT2D eigenvalue weighted by molar-refractivity contribution is -0.140. The van der Waals surface area contributed by atoms with Crippen molar-refractivity contribution in [3.05, 3.63) is 21.6 Å². The molecular weight excluding hydrogens is 398 g/mol. The van der Waals surface area contributed by atoms with Gasteiger partial charge < -0.3 is 9.47 Å². The van der Waals surface area contributed by atoms with Crippen molar-refractivity contribution in [2.75, 3.05) is 20.8 Å². The molecular formula is C13H17BrClNO5S. The van der Waals surface area contributed by atoms with Gasteiger partial charge >= 0.3 is 5.97 Å². The minimum absolute atomic E-state index is 0.0395. The van der Waals surface area contributed by atoms with Crippen molar-refractivity contribution in [2.45, 2.75) is 24.2 Å². The summed E-state index contributed by atoms with van der Waals surface area (Å²) in [5.41, 5.74) is 0. The number of carbonyl (C=O) groups excluding carboxylic acids is 1. The first-order valence-corrected chi connectivity index (χ1v) is 9.06. The van der Waals surface area contributed by atoms with E-state index in [0.717, 1.165) is 0 Å². The van der Waals surface area contributed by atoms with Gasteiger partial charge in [-0.25, -0.2) is 13.1 Å². The van der Waals surface area contributed by atoms with Gasteiger partial charge in [0.25, 0.3) is 0 Å². The topological polar surface area (TPSA) is 81.7 Å². The fourth-order valence-electron chi connectivity index (χ4n) is 1.72. The number of esters is 1. The average molecular weight is 415 g/mol. The summed E-state index contributed by atoms with van der Waals surface area (Å²) >= 11 is 9.10. The molecule has 6 nitrogen and oxygen atoms in total. The highest BCUT2D eigenvalue weighted by Gasteiger charge is 2.22. The van der Waals surface area contributed by atoms with Crippen molar-refractivity contribution in [3.63, 3.8) is 0 Å². The number of unbranched alkanes of at least 4 members (excludes halogenated alkanes) is 1. The molecule has 0 aliphatic heterocycles. The number of nitrogens with one attached hydrogen (secondary N) is 1. The molecule has 0 bridgehead atoms. The Kier molecular flexibility index (Phi) is 7.61. The number of rotatable bonds is 8. The molecule has 0 aliphatic carbocycles. The predicted molar refractivity (Wildman–Crippen MR) is 86.8 cm³/mol. The molecule has 0 spiro atoms. The van der Waals surface area contributed by atoms with Gasteiger partial charge in [-0.15, -0.1) is 0 Å². The van der Waals surface area contributed by atoms with E-state index < -0.39 is 10.0 Å². The molecule has 124 valence electrons. The summed E-state index contributed by atoms with van der Waals surface area (Å²) in [6.45, 7) is 0.201. The summed E-state index contributed by atoms with van der Waals surface area (Å²) in [7, 11) is -1.07. The zero-order valence-electron chi connectivity index (χ0n) is 12.2. The van der Waals surface area contributed by atoms with Gasteiger partial charge in [0.1, 0.15) is 4.90 Å². The smallest absolute Gasteiger partial charge is 0.305 e. The second-order valence-corrected chi connectivity index (χ2v) is 7.38. The fourth-order valence-corrected chi connectivity index (χ4v) is 4.17. The highest BCUT2D eigenvalue weighted by molar-refractivity contribution is 9.10. The fraction of sp³-hybridized carbons (Fsp3) is 0.462. The van der Waals surface area contributed by atoms with E-state index in [9.17, 15) is 13.2 Å². The number of ether oxygens (including phenoxy) is 2.